The number of halogens is 1. The zero-order chi connectivity index (χ0) is 21.0. The lowest BCUT2D eigenvalue weighted by Gasteiger charge is -2.07. The normalized spacial score (nSPS) is 10.7. The molecule has 3 rings (SSSR count). The average Bonchev–Trinajstić information content (AvgIpc) is 3.07. The molecule has 0 saturated carbocycles. The van der Waals surface area contributed by atoms with Gasteiger partial charge in [0.05, 0.1) is 17.2 Å². The molecule has 150 valence electrons. The number of hydrogen-bond donors (Lipinski definition) is 1. The number of hydrogen-bond acceptors (Lipinski definition) is 7. The summed E-state index contributed by atoms with van der Waals surface area (Å²) in [4.78, 5) is 34.4. The fourth-order valence-corrected chi connectivity index (χ4v) is 2.66. The molecule has 0 fully saturated rings. The molecule has 2 aromatic carbocycles. The predicted molar refractivity (Wildman–Crippen MR) is 98.9 cm³/mol. The number of carbonyl (C=O) groups is 2. The van der Waals surface area contributed by atoms with Gasteiger partial charge in [-0.3, -0.25) is 14.9 Å². The number of fused-ring (bicyclic) bond motifs is 1. The molecular formula is C19H15FN2O7. The number of methoxy groups -OCH3 is 1. The Labute approximate surface area is 163 Å². The zero-order valence-electron chi connectivity index (χ0n) is 15.1. The second-order valence-corrected chi connectivity index (χ2v) is 5.88. The number of amides is 1. The molecule has 10 heteroatoms. The summed E-state index contributed by atoms with van der Waals surface area (Å²) in [5.41, 5.74) is 0.127. The number of furan rings is 1. The number of carbonyl (C=O) groups excluding carboxylic acids is 2. The Morgan fingerprint density at radius 3 is 2.72 bits per heavy atom. The van der Waals surface area contributed by atoms with Gasteiger partial charge in [-0.05, 0) is 12.1 Å². The van der Waals surface area contributed by atoms with Crippen LogP contribution in [0.25, 0.3) is 11.0 Å². The van der Waals surface area contributed by atoms with E-state index in [4.69, 9.17) is 13.9 Å². The third kappa shape index (κ3) is 4.38. The third-order valence-corrected chi connectivity index (χ3v) is 3.94. The Morgan fingerprint density at radius 1 is 1.24 bits per heavy atom. The van der Waals surface area contributed by atoms with Crippen LogP contribution < -0.4 is 5.32 Å². The number of non-ortho nitro benzene ring substituents is 1. The van der Waals surface area contributed by atoms with Crippen LogP contribution in [0.5, 0.6) is 0 Å². The van der Waals surface area contributed by atoms with E-state index < -0.39 is 40.6 Å². The van der Waals surface area contributed by atoms with Crippen molar-refractivity contribution in [3.63, 3.8) is 0 Å². The quantitative estimate of drug-likeness (QED) is 0.365. The van der Waals surface area contributed by atoms with Crippen LogP contribution in [0.1, 0.15) is 16.1 Å². The summed E-state index contributed by atoms with van der Waals surface area (Å²) < 4.78 is 29.3. The lowest BCUT2D eigenvalue weighted by Crippen LogP contribution is -2.21. The molecule has 1 heterocycles. The van der Waals surface area contributed by atoms with Gasteiger partial charge in [0.15, 0.2) is 6.61 Å². The minimum absolute atomic E-state index is 0.0898. The second kappa shape index (κ2) is 8.48. The van der Waals surface area contributed by atoms with Crippen molar-refractivity contribution in [1.82, 2.24) is 0 Å². The minimum atomic E-state index is -0.900. The first-order chi connectivity index (χ1) is 13.9. The first kappa shape index (κ1) is 20.0. The van der Waals surface area contributed by atoms with E-state index in [2.05, 4.69) is 5.32 Å². The van der Waals surface area contributed by atoms with Crippen LogP contribution in [0.4, 0.5) is 15.8 Å². The SMILES string of the molecule is COCc1c(C(=O)OCC(=O)Nc2cc([N+](=O)[O-])ccc2F)oc2ccccc12. The number of benzene rings is 2. The Kier molecular flexibility index (Phi) is 5.84. The van der Waals surface area contributed by atoms with Gasteiger partial charge in [0.1, 0.15) is 11.4 Å². The highest BCUT2D eigenvalue weighted by molar-refractivity contribution is 5.98. The molecule has 1 N–H and O–H groups in total. The number of ether oxygens (including phenoxy) is 2. The van der Waals surface area contributed by atoms with Gasteiger partial charge >= 0.3 is 5.97 Å². The molecule has 0 spiro atoms. The van der Waals surface area contributed by atoms with Gasteiger partial charge in [-0.2, -0.15) is 0 Å². The molecular weight excluding hydrogens is 387 g/mol. The van der Waals surface area contributed by atoms with E-state index in [0.29, 0.717) is 16.5 Å². The van der Waals surface area contributed by atoms with Crippen LogP contribution in [0.3, 0.4) is 0 Å². The molecule has 0 unspecified atom stereocenters. The molecule has 9 nitrogen and oxygen atoms in total. The number of anilines is 1. The molecule has 0 aliphatic heterocycles. The predicted octanol–water partition coefficient (Wildman–Crippen LogP) is 3.42. The third-order valence-electron chi connectivity index (χ3n) is 3.94. The molecule has 0 atom stereocenters. The maximum absolute atomic E-state index is 13.7. The minimum Gasteiger partial charge on any atom is -0.450 e. The fourth-order valence-electron chi connectivity index (χ4n) is 2.66. The van der Waals surface area contributed by atoms with E-state index in [1.165, 1.54) is 7.11 Å². The topological polar surface area (TPSA) is 121 Å². The lowest BCUT2D eigenvalue weighted by atomic mass is 10.1. The molecule has 0 bridgehead atoms. The van der Waals surface area contributed by atoms with Crippen LogP contribution in [0.15, 0.2) is 46.9 Å². The van der Waals surface area contributed by atoms with E-state index in [-0.39, 0.29) is 12.4 Å². The summed E-state index contributed by atoms with van der Waals surface area (Å²) in [6.07, 6.45) is 0. The monoisotopic (exact) mass is 402 g/mol. The first-order valence-electron chi connectivity index (χ1n) is 8.31. The number of esters is 1. The van der Waals surface area contributed by atoms with Crippen molar-refractivity contribution in [2.24, 2.45) is 0 Å². The number of nitrogens with one attached hydrogen (secondary N) is 1. The molecule has 1 aromatic heterocycles. The van der Waals surface area contributed by atoms with E-state index in [9.17, 15) is 24.1 Å². The fraction of sp³-hybridized carbons (Fsp3) is 0.158. The molecule has 0 radical (unpaired) electrons. The number of nitro groups is 1. The highest BCUT2D eigenvalue weighted by Gasteiger charge is 2.23. The van der Waals surface area contributed by atoms with Gasteiger partial charge in [0.2, 0.25) is 5.76 Å². The van der Waals surface area contributed by atoms with Crippen LogP contribution in [0, 0.1) is 15.9 Å². The van der Waals surface area contributed by atoms with Gasteiger partial charge in [-0.1, -0.05) is 18.2 Å². The van der Waals surface area contributed by atoms with Crippen LogP contribution in [-0.4, -0.2) is 30.5 Å². The zero-order valence-corrected chi connectivity index (χ0v) is 15.1. The molecule has 1 amide bonds. The molecule has 0 saturated heterocycles. The van der Waals surface area contributed by atoms with Crippen LogP contribution >= 0.6 is 0 Å². The van der Waals surface area contributed by atoms with Crippen molar-refractivity contribution in [2.45, 2.75) is 6.61 Å². The van der Waals surface area contributed by atoms with Crippen LogP contribution in [0.2, 0.25) is 0 Å². The summed E-state index contributed by atoms with van der Waals surface area (Å²) in [5, 5.41) is 13.6. The summed E-state index contributed by atoms with van der Waals surface area (Å²) in [5.74, 6) is -2.75. The van der Waals surface area contributed by atoms with Gasteiger partial charge in [0.25, 0.3) is 11.6 Å². The van der Waals surface area contributed by atoms with Crippen molar-refractivity contribution in [3.05, 3.63) is 69.7 Å². The summed E-state index contributed by atoms with van der Waals surface area (Å²) in [6, 6.07) is 9.61. The Hall–Kier alpha value is -3.79. The van der Waals surface area contributed by atoms with Crippen molar-refractivity contribution < 1.29 is 32.8 Å². The molecule has 3 aromatic rings. The van der Waals surface area contributed by atoms with Crippen LogP contribution in [-0.2, 0) is 20.9 Å². The van der Waals surface area contributed by atoms with Crippen molar-refractivity contribution in [1.29, 1.82) is 0 Å². The smallest absolute Gasteiger partial charge is 0.375 e. The summed E-state index contributed by atoms with van der Waals surface area (Å²) in [7, 11) is 1.46. The average molecular weight is 402 g/mol. The van der Waals surface area contributed by atoms with E-state index >= 15 is 0 Å². The van der Waals surface area contributed by atoms with E-state index in [1.807, 2.05) is 0 Å². The number of rotatable bonds is 7. The highest BCUT2D eigenvalue weighted by Crippen LogP contribution is 2.27. The summed E-state index contributed by atoms with van der Waals surface area (Å²) >= 11 is 0. The first-order valence-corrected chi connectivity index (χ1v) is 8.31. The number of nitro benzene ring substituents is 1. The van der Waals surface area contributed by atoms with Crippen molar-refractivity contribution in [2.75, 3.05) is 19.0 Å². The standard InChI is InChI=1S/C19H15FN2O7/c1-27-9-13-12-4-2-3-5-16(12)29-18(13)19(24)28-10-17(23)21-15-8-11(22(25)26)6-7-14(15)20/h2-8H,9-10H2,1H3,(H,21,23). The van der Waals surface area contributed by atoms with Gasteiger partial charge in [0, 0.05) is 30.2 Å². The Bertz CT molecular complexity index is 1090. The lowest BCUT2D eigenvalue weighted by molar-refractivity contribution is -0.384. The molecule has 29 heavy (non-hydrogen) atoms. The second-order valence-electron chi connectivity index (χ2n) is 5.88. The molecule has 0 aliphatic carbocycles. The number of para-hydroxylation sites is 1. The van der Waals surface area contributed by atoms with E-state index in [0.717, 1.165) is 18.2 Å². The van der Waals surface area contributed by atoms with E-state index in [1.54, 1.807) is 24.3 Å². The largest absolute Gasteiger partial charge is 0.450 e. The summed E-state index contributed by atoms with van der Waals surface area (Å²) in [6.45, 7) is -0.656. The maximum Gasteiger partial charge on any atom is 0.375 e. The van der Waals surface area contributed by atoms with Gasteiger partial charge in [-0.25, -0.2) is 9.18 Å². The van der Waals surface area contributed by atoms with Gasteiger partial charge in [-0.15, -0.1) is 0 Å². The Balaban J connectivity index is 1.70. The Morgan fingerprint density at radius 2 is 2.00 bits per heavy atom. The van der Waals surface area contributed by atoms with Gasteiger partial charge < -0.3 is 19.2 Å². The van der Waals surface area contributed by atoms with Crippen molar-refractivity contribution in [3.8, 4) is 0 Å². The highest BCUT2D eigenvalue weighted by atomic mass is 19.1. The molecule has 0 aliphatic rings. The van der Waals surface area contributed by atoms with Crippen molar-refractivity contribution >= 4 is 34.2 Å². The number of nitrogens with zero attached hydrogens (tertiary/aromatic N) is 1. The maximum atomic E-state index is 13.7.